The molecule has 1 aromatic rings. The number of aromatic nitrogens is 1. The molecule has 0 radical (unpaired) electrons. The van der Waals surface area contributed by atoms with E-state index >= 15 is 0 Å². The van der Waals surface area contributed by atoms with Crippen LogP contribution >= 0.6 is 0 Å². The standard InChI is InChI=1S/C13H20N2/c1-2-11-7-12(9-15-8-11)13(10-14)5-3-4-6-13/h7-9H,2-6,10,14H2,1H3. The molecule has 2 nitrogen and oxygen atoms in total. The molecule has 0 atom stereocenters. The highest BCUT2D eigenvalue weighted by molar-refractivity contribution is 5.28. The van der Waals surface area contributed by atoms with Crippen LogP contribution in [0.4, 0.5) is 0 Å². The van der Waals surface area contributed by atoms with Gasteiger partial charge in [0.2, 0.25) is 0 Å². The Labute approximate surface area is 91.9 Å². The van der Waals surface area contributed by atoms with Gasteiger partial charge in [0.05, 0.1) is 0 Å². The molecule has 82 valence electrons. The van der Waals surface area contributed by atoms with Crippen LogP contribution in [0.3, 0.4) is 0 Å². The van der Waals surface area contributed by atoms with Crippen LogP contribution in [0.5, 0.6) is 0 Å². The van der Waals surface area contributed by atoms with Gasteiger partial charge < -0.3 is 5.73 Å². The van der Waals surface area contributed by atoms with Gasteiger partial charge in [0, 0.05) is 24.4 Å². The van der Waals surface area contributed by atoms with E-state index in [1.807, 2.05) is 12.4 Å². The minimum Gasteiger partial charge on any atom is -0.330 e. The van der Waals surface area contributed by atoms with E-state index in [1.165, 1.54) is 36.8 Å². The van der Waals surface area contributed by atoms with Crippen LogP contribution in [0, 0.1) is 0 Å². The molecular weight excluding hydrogens is 184 g/mol. The van der Waals surface area contributed by atoms with Crippen LogP contribution < -0.4 is 5.73 Å². The molecule has 15 heavy (non-hydrogen) atoms. The molecule has 0 amide bonds. The maximum atomic E-state index is 5.96. The summed E-state index contributed by atoms with van der Waals surface area (Å²) in [5, 5.41) is 0. The van der Waals surface area contributed by atoms with Crippen molar-refractivity contribution in [3.05, 3.63) is 29.6 Å². The summed E-state index contributed by atoms with van der Waals surface area (Å²) in [4.78, 5) is 4.34. The summed E-state index contributed by atoms with van der Waals surface area (Å²) in [6.07, 6.45) is 10.1. The first kappa shape index (κ1) is 10.6. The van der Waals surface area contributed by atoms with Crippen molar-refractivity contribution in [2.75, 3.05) is 6.54 Å². The lowest BCUT2D eigenvalue weighted by atomic mass is 9.79. The summed E-state index contributed by atoms with van der Waals surface area (Å²) >= 11 is 0. The van der Waals surface area contributed by atoms with E-state index in [-0.39, 0.29) is 5.41 Å². The third-order valence-corrected chi connectivity index (χ3v) is 3.77. The fourth-order valence-corrected chi connectivity index (χ4v) is 2.63. The Kier molecular flexibility index (Phi) is 3.06. The first-order valence-electron chi connectivity index (χ1n) is 5.95. The Balaban J connectivity index is 2.33. The monoisotopic (exact) mass is 204 g/mol. The second kappa shape index (κ2) is 4.31. The topological polar surface area (TPSA) is 38.9 Å². The van der Waals surface area contributed by atoms with Crippen LogP contribution in [0.15, 0.2) is 18.5 Å². The summed E-state index contributed by atoms with van der Waals surface area (Å²) in [6, 6.07) is 2.30. The van der Waals surface area contributed by atoms with Crippen LogP contribution in [0.1, 0.15) is 43.7 Å². The molecule has 0 aromatic carbocycles. The smallest absolute Gasteiger partial charge is 0.0306 e. The van der Waals surface area contributed by atoms with Gasteiger partial charge in [0.25, 0.3) is 0 Å². The molecule has 1 fully saturated rings. The van der Waals surface area contributed by atoms with Crippen molar-refractivity contribution >= 4 is 0 Å². The zero-order chi connectivity index (χ0) is 10.7. The number of aryl methyl sites for hydroxylation is 1. The zero-order valence-corrected chi connectivity index (χ0v) is 9.50. The number of hydrogen-bond acceptors (Lipinski definition) is 2. The van der Waals surface area contributed by atoms with Gasteiger partial charge in [-0.05, 0) is 30.4 Å². The van der Waals surface area contributed by atoms with Crippen molar-refractivity contribution in [3.63, 3.8) is 0 Å². The van der Waals surface area contributed by atoms with Gasteiger partial charge in [-0.3, -0.25) is 4.98 Å². The van der Waals surface area contributed by atoms with Gasteiger partial charge in [-0.15, -0.1) is 0 Å². The average molecular weight is 204 g/mol. The highest BCUT2D eigenvalue weighted by atomic mass is 14.7. The van der Waals surface area contributed by atoms with Gasteiger partial charge in [-0.25, -0.2) is 0 Å². The molecule has 2 heteroatoms. The maximum Gasteiger partial charge on any atom is 0.0306 e. The number of pyridine rings is 1. The zero-order valence-electron chi connectivity index (χ0n) is 9.50. The van der Waals surface area contributed by atoms with E-state index in [0.717, 1.165) is 13.0 Å². The second-order valence-electron chi connectivity index (χ2n) is 4.63. The molecule has 0 bridgehead atoms. The van der Waals surface area contributed by atoms with Crippen molar-refractivity contribution in [2.24, 2.45) is 5.73 Å². The highest BCUT2D eigenvalue weighted by Gasteiger charge is 2.34. The molecule has 1 heterocycles. The van der Waals surface area contributed by atoms with Gasteiger partial charge in [0.15, 0.2) is 0 Å². The van der Waals surface area contributed by atoms with Gasteiger partial charge in [0.1, 0.15) is 0 Å². The quantitative estimate of drug-likeness (QED) is 0.821. The molecule has 1 aliphatic rings. The van der Waals surface area contributed by atoms with Gasteiger partial charge in [-0.1, -0.05) is 25.8 Å². The molecule has 0 unspecified atom stereocenters. The van der Waals surface area contributed by atoms with E-state index in [9.17, 15) is 0 Å². The lowest BCUT2D eigenvalue weighted by molar-refractivity contribution is 0.451. The number of nitrogens with zero attached hydrogens (tertiary/aromatic N) is 1. The Morgan fingerprint density at radius 1 is 1.33 bits per heavy atom. The Morgan fingerprint density at radius 2 is 2.07 bits per heavy atom. The SMILES string of the molecule is CCc1cncc(C2(CN)CCCC2)c1. The molecule has 1 saturated carbocycles. The Hall–Kier alpha value is -0.890. The van der Waals surface area contributed by atoms with Crippen molar-refractivity contribution in [1.82, 2.24) is 4.98 Å². The van der Waals surface area contributed by atoms with Crippen LogP contribution in [0.2, 0.25) is 0 Å². The normalized spacial score (nSPS) is 19.3. The lowest BCUT2D eigenvalue weighted by Crippen LogP contribution is -2.32. The third kappa shape index (κ3) is 1.91. The number of nitrogens with two attached hydrogens (primary N) is 1. The van der Waals surface area contributed by atoms with Crippen LogP contribution in [0.25, 0.3) is 0 Å². The summed E-state index contributed by atoms with van der Waals surface area (Å²) in [6.45, 7) is 2.94. The van der Waals surface area contributed by atoms with E-state index in [0.29, 0.717) is 0 Å². The third-order valence-electron chi connectivity index (χ3n) is 3.77. The summed E-state index contributed by atoms with van der Waals surface area (Å²) in [5.41, 5.74) is 8.89. The van der Waals surface area contributed by atoms with Crippen molar-refractivity contribution in [1.29, 1.82) is 0 Å². The minimum atomic E-state index is 0.234. The van der Waals surface area contributed by atoms with E-state index in [1.54, 1.807) is 0 Å². The fraction of sp³-hybridized carbons (Fsp3) is 0.615. The molecule has 1 aliphatic carbocycles. The Bertz CT molecular complexity index is 327. The van der Waals surface area contributed by atoms with Crippen molar-refractivity contribution < 1.29 is 0 Å². The highest BCUT2D eigenvalue weighted by Crippen LogP contribution is 2.40. The van der Waals surface area contributed by atoms with Crippen molar-refractivity contribution in [3.8, 4) is 0 Å². The first-order chi connectivity index (χ1) is 7.30. The summed E-state index contributed by atoms with van der Waals surface area (Å²) in [7, 11) is 0. The molecule has 0 spiro atoms. The molecule has 2 N–H and O–H groups in total. The predicted molar refractivity (Wildman–Crippen MR) is 62.8 cm³/mol. The lowest BCUT2D eigenvalue weighted by Gasteiger charge is -2.27. The summed E-state index contributed by atoms with van der Waals surface area (Å²) in [5.74, 6) is 0. The molecule has 2 rings (SSSR count). The molecule has 1 aromatic heterocycles. The predicted octanol–water partition coefficient (Wildman–Crippen LogP) is 2.41. The number of rotatable bonds is 3. The van der Waals surface area contributed by atoms with E-state index < -0.39 is 0 Å². The van der Waals surface area contributed by atoms with Crippen molar-refractivity contribution in [2.45, 2.75) is 44.4 Å². The fourth-order valence-electron chi connectivity index (χ4n) is 2.63. The molecular formula is C13H20N2. The van der Waals surface area contributed by atoms with Crippen LogP contribution in [-0.2, 0) is 11.8 Å². The van der Waals surface area contributed by atoms with Gasteiger partial charge >= 0.3 is 0 Å². The molecule has 0 aliphatic heterocycles. The maximum absolute atomic E-state index is 5.96. The molecule has 0 saturated heterocycles. The Morgan fingerprint density at radius 3 is 2.67 bits per heavy atom. The number of hydrogen-bond donors (Lipinski definition) is 1. The largest absolute Gasteiger partial charge is 0.330 e. The second-order valence-corrected chi connectivity index (χ2v) is 4.63. The first-order valence-corrected chi connectivity index (χ1v) is 5.95. The summed E-state index contributed by atoms with van der Waals surface area (Å²) < 4.78 is 0. The van der Waals surface area contributed by atoms with E-state index in [2.05, 4.69) is 18.0 Å². The minimum absolute atomic E-state index is 0.234. The van der Waals surface area contributed by atoms with E-state index in [4.69, 9.17) is 5.73 Å². The van der Waals surface area contributed by atoms with Gasteiger partial charge in [-0.2, -0.15) is 0 Å². The van der Waals surface area contributed by atoms with Crippen LogP contribution in [-0.4, -0.2) is 11.5 Å². The average Bonchev–Trinajstić information content (AvgIpc) is 2.79.